The minimum atomic E-state index is 0.0938. The maximum Gasteiger partial charge on any atom is 0.169 e. The molecule has 0 bridgehead atoms. The number of furan rings is 1. The molecule has 1 aromatic heterocycles. The largest absolute Gasteiger partial charge is 0.453 e. The lowest BCUT2D eigenvalue weighted by Crippen LogP contribution is -2.35. The van der Waals surface area contributed by atoms with Crippen LogP contribution in [0.4, 0.5) is 0 Å². The molecule has 1 aromatic rings. The van der Waals surface area contributed by atoms with Crippen LogP contribution in [0.15, 0.2) is 21.2 Å². The lowest BCUT2D eigenvalue weighted by molar-refractivity contribution is 0.259. The van der Waals surface area contributed by atoms with Crippen molar-refractivity contribution in [1.29, 1.82) is 0 Å². The first-order valence-corrected chi connectivity index (χ1v) is 7.43. The SMILES string of the molecule is CC(C)C(CNC(CN)c1ccc(Br)o1)C(C)C. The van der Waals surface area contributed by atoms with Crippen LogP contribution in [0.25, 0.3) is 0 Å². The Hall–Kier alpha value is -0.320. The Morgan fingerprint density at radius 3 is 2.22 bits per heavy atom. The summed E-state index contributed by atoms with van der Waals surface area (Å²) in [5.74, 6) is 2.88. The second-order valence-corrected chi connectivity index (χ2v) is 6.27. The molecular weight excluding hydrogens is 292 g/mol. The van der Waals surface area contributed by atoms with Crippen LogP contribution in [0, 0.1) is 17.8 Å². The van der Waals surface area contributed by atoms with Gasteiger partial charge in [0.15, 0.2) is 4.67 Å². The van der Waals surface area contributed by atoms with Crippen molar-refractivity contribution in [3.8, 4) is 0 Å². The Balaban J connectivity index is 2.59. The summed E-state index contributed by atoms with van der Waals surface area (Å²) in [5, 5.41) is 3.52. The van der Waals surface area contributed by atoms with E-state index < -0.39 is 0 Å². The average molecular weight is 317 g/mol. The highest BCUT2D eigenvalue weighted by Crippen LogP contribution is 2.23. The van der Waals surface area contributed by atoms with Crippen molar-refractivity contribution in [2.24, 2.45) is 23.5 Å². The molecule has 0 spiro atoms. The molecule has 18 heavy (non-hydrogen) atoms. The number of hydrogen-bond acceptors (Lipinski definition) is 3. The monoisotopic (exact) mass is 316 g/mol. The van der Waals surface area contributed by atoms with E-state index in [0.29, 0.717) is 24.3 Å². The zero-order chi connectivity index (χ0) is 13.7. The molecule has 0 aliphatic heterocycles. The van der Waals surface area contributed by atoms with Crippen LogP contribution in [0.1, 0.15) is 39.5 Å². The maximum atomic E-state index is 5.81. The van der Waals surface area contributed by atoms with Gasteiger partial charge in [-0.05, 0) is 52.4 Å². The van der Waals surface area contributed by atoms with E-state index in [2.05, 4.69) is 48.9 Å². The Morgan fingerprint density at radius 1 is 1.22 bits per heavy atom. The highest BCUT2D eigenvalue weighted by molar-refractivity contribution is 9.10. The van der Waals surface area contributed by atoms with E-state index in [1.165, 1.54) is 0 Å². The van der Waals surface area contributed by atoms with Gasteiger partial charge in [0, 0.05) is 6.54 Å². The molecular formula is C14H25BrN2O. The summed E-state index contributed by atoms with van der Waals surface area (Å²) in [5.41, 5.74) is 5.81. The van der Waals surface area contributed by atoms with Crippen molar-refractivity contribution in [2.75, 3.05) is 13.1 Å². The number of nitrogens with two attached hydrogens (primary N) is 1. The molecule has 0 aromatic carbocycles. The minimum absolute atomic E-state index is 0.0938. The number of rotatable bonds is 7. The van der Waals surface area contributed by atoms with Crippen molar-refractivity contribution in [3.05, 3.63) is 22.6 Å². The van der Waals surface area contributed by atoms with E-state index in [0.717, 1.165) is 17.0 Å². The smallest absolute Gasteiger partial charge is 0.169 e. The molecule has 0 amide bonds. The summed E-state index contributed by atoms with van der Waals surface area (Å²) in [6.45, 7) is 10.6. The fourth-order valence-corrected chi connectivity index (χ4v) is 2.65. The molecule has 1 heterocycles. The molecule has 0 aliphatic carbocycles. The van der Waals surface area contributed by atoms with Crippen LogP contribution in [0.5, 0.6) is 0 Å². The topological polar surface area (TPSA) is 51.2 Å². The lowest BCUT2D eigenvalue weighted by atomic mass is 9.85. The van der Waals surface area contributed by atoms with E-state index in [4.69, 9.17) is 10.2 Å². The molecule has 1 atom stereocenters. The molecule has 1 unspecified atom stereocenters. The predicted octanol–water partition coefficient (Wildman–Crippen LogP) is 3.56. The maximum absolute atomic E-state index is 5.81. The quantitative estimate of drug-likeness (QED) is 0.808. The first-order chi connectivity index (χ1) is 8.45. The van der Waals surface area contributed by atoms with Gasteiger partial charge in [0.1, 0.15) is 5.76 Å². The van der Waals surface area contributed by atoms with Crippen LogP contribution < -0.4 is 11.1 Å². The summed E-state index contributed by atoms with van der Waals surface area (Å²) in [4.78, 5) is 0. The third-order valence-electron chi connectivity index (χ3n) is 3.49. The lowest BCUT2D eigenvalue weighted by Gasteiger charge is -2.27. The first kappa shape index (κ1) is 15.7. The summed E-state index contributed by atoms with van der Waals surface area (Å²) >= 11 is 3.32. The van der Waals surface area contributed by atoms with Gasteiger partial charge in [-0.2, -0.15) is 0 Å². The molecule has 0 radical (unpaired) electrons. The van der Waals surface area contributed by atoms with Crippen molar-refractivity contribution in [2.45, 2.75) is 33.7 Å². The van der Waals surface area contributed by atoms with Gasteiger partial charge in [0.25, 0.3) is 0 Å². The second-order valence-electron chi connectivity index (χ2n) is 5.49. The van der Waals surface area contributed by atoms with Crippen molar-refractivity contribution in [1.82, 2.24) is 5.32 Å². The third kappa shape index (κ3) is 4.41. The zero-order valence-electron chi connectivity index (χ0n) is 11.7. The van der Waals surface area contributed by atoms with Gasteiger partial charge in [-0.3, -0.25) is 0 Å². The summed E-state index contributed by atoms with van der Waals surface area (Å²) in [6.07, 6.45) is 0. The second kappa shape index (κ2) is 7.31. The molecule has 0 aliphatic rings. The van der Waals surface area contributed by atoms with Gasteiger partial charge in [0.2, 0.25) is 0 Å². The third-order valence-corrected chi connectivity index (χ3v) is 3.91. The van der Waals surface area contributed by atoms with Gasteiger partial charge < -0.3 is 15.5 Å². The number of nitrogens with one attached hydrogen (secondary N) is 1. The van der Waals surface area contributed by atoms with Crippen LogP contribution in [0.3, 0.4) is 0 Å². The molecule has 3 nitrogen and oxygen atoms in total. The van der Waals surface area contributed by atoms with Gasteiger partial charge in [-0.1, -0.05) is 27.7 Å². The van der Waals surface area contributed by atoms with Crippen molar-refractivity contribution in [3.63, 3.8) is 0 Å². The highest BCUT2D eigenvalue weighted by Gasteiger charge is 2.20. The molecule has 104 valence electrons. The van der Waals surface area contributed by atoms with Crippen LogP contribution >= 0.6 is 15.9 Å². The van der Waals surface area contributed by atoms with Gasteiger partial charge in [-0.25, -0.2) is 0 Å². The fourth-order valence-electron chi connectivity index (χ4n) is 2.34. The molecule has 1 rings (SSSR count). The van der Waals surface area contributed by atoms with E-state index in [1.54, 1.807) is 0 Å². The number of halogens is 1. The van der Waals surface area contributed by atoms with E-state index in [1.807, 2.05) is 12.1 Å². The van der Waals surface area contributed by atoms with Crippen molar-refractivity contribution >= 4 is 15.9 Å². The Kier molecular flexibility index (Phi) is 6.39. The molecule has 4 heteroatoms. The normalized spacial score (nSPS) is 13.8. The first-order valence-electron chi connectivity index (χ1n) is 6.64. The molecule has 0 fully saturated rings. The summed E-state index contributed by atoms with van der Waals surface area (Å²) in [7, 11) is 0. The molecule has 0 saturated heterocycles. The summed E-state index contributed by atoms with van der Waals surface area (Å²) in [6, 6.07) is 3.97. The number of hydrogen-bond donors (Lipinski definition) is 2. The Bertz CT molecular complexity index is 341. The van der Waals surface area contributed by atoms with Gasteiger partial charge in [-0.15, -0.1) is 0 Å². The zero-order valence-corrected chi connectivity index (χ0v) is 13.3. The van der Waals surface area contributed by atoms with Crippen LogP contribution in [0.2, 0.25) is 0 Å². The van der Waals surface area contributed by atoms with E-state index in [-0.39, 0.29) is 6.04 Å². The molecule has 3 N–H and O–H groups in total. The standard InChI is InChI=1S/C14H25BrN2O/c1-9(2)11(10(3)4)8-17-12(7-16)13-5-6-14(15)18-13/h5-6,9-12,17H,7-8,16H2,1-4H3. The minimum Gasteiger partial charge on any atom is -0.453 e. The van der Waals surface area contributed by atoms with Crippen LogP contribution in [-0.2, 0) is 0 Å². The predicted molar refractivity (Wildman–Crippen MR) is 79.4 cm³/mol. The Labute approximate surface area is 119 Å². The average Bonchev–Trinajstić information content (AvgIpc) is 2.70. The molecule has 0 saturated carbocycles. The highest BCUT2D eigenvalue weighted by atomic mass is 79.9. The van der Waals surface area contributed by atoms with E-state index in [9.17, 15) is 0 Å². The van der Waals surface area contributed by atoms with Crippen molar-refractivity contribution < 1.29 is 4.42 Å². The van der Waals surface area contributed by atoms with Gasteiger partial charge >= 0.3 is 0 Å². The fraction of sp³-hybridized carbons (Fsp3) is 0.714. The van der Waals surface area contributed by atoms with E-state index >= 15 is 0 Å². The van der Waals surface area contributed by atoms with Crippen LogP contribution in [-0.4, -0.2) is 13.1 Å². The van der Waals surface area contributed by atoms with Gasteiger partial charge in [0.05, 0.1) is 6.04 Å². The summed E-state index contributed by atoms with van der Waals surface area (Å²) < 4.78 is 6.32. The Morgan fingerprint density at radius 2 is 1.83 bits per heavy atom.